The Morgan fingerprint density at radius 3 is 3.00 bits per heavy atom. The van der Waals surface area contributed by atoms with Gasteiger partial charge in [0, 0.05) is 10.9 Å². The lowest BCUT2D eigenvalue weighted by Crippen LogP contribution is -1.69. The second-order valence-electron chi connectivity index (χ2n) is 2.44. The third-order valence-electron chi connectivity index (χ3n) is 1.49. The molecule has 1 nitrogen and oxygen atoms in total. The number of hydrogen-bond acceptors (Lipinski definition) is 1. The second kappa shape index (κ2) is 4.31. The van der Waals surface area contributed by atoms with E-state index in [-0.39, 0.29) is 0 Å². The summed E-state index contributed by atoms with van der Waals surface area (Å²) in [6.45, 7) is 5.64. The number of allylic oxidation sites excluding steroid dienone is 1. The van der Waals surface area contributed by atoms with Crippen LogP contribution in [0.4, 0.5) is 0 Å². The van der Waals surface area contributed by atoms with Crippen LogP contribution in [0.3, 0.4) is 0 Å². The van der Waals surface area contributed by atoms with Crippen LogP contribution in [0, 0.1) is 6.92 Å². The predicted molar refractivity (Wildman–Crippen MR) is 56.4 cm³/mol. The van der Waals surface area contributed by atoms with Gasteiger partial charge in [-0.2, -0.15) is 0 Å². The Bertz CT molecular complexity index is 297. The van der Waals surface area contributed by atoms with Crippen LogP contribution < -0.4 is 0 Å². The minimum atomic E-state index is 0.837. The Balaban J connectivity index is 2.96. The quantitative estimate of drug-likeness (QED) is 0.718. The van der Waals surface area contributed by atoms with Gasteiger partial charge in [0.2, 0.25) is 0 Å². The Labute approximate surface area is 80.9 Å². The van der Waals surface area contributed by atoms with E-state index in [9.17, 15) is 0 Å². The normalized spacial score (nSPS) is 10.8. The Hall–Kier alpha value is -0.760. The van der Waals surface area contributed by atoms with Crippen LogP contribution in [0.5, 0.6) is 0 Å². The fourth-order valence-corrected chi connectivity index (χ4v) is 1.18. The summed E-state index contributed by atoms with van der Waals surface area (Å²) in [6, 6.07) is 1.97. The zero-order valence-electron chi connectivity index (χ0n) is 7.01. The van der Waals surface area contributed by atoms with E-state index < -0.39 is 0 Å². The first-order chi connectivity index (χ1) is 5.77. The summed E-state index contributed by atoms with van der Waals surface area (Å²) < 4.78 is 5.43. The lowest BCUT2D eigenvalue weighted by atomic mass is 10.2. The number of halogens is 1. The SMILES string of the molecule is C=Cc1cc(C)oc1/C=C\CBr. The summed E-state index contributed by atoms with van der Waals surface area (Å²) in [5, 5.41) is 0.837. The molecule has 0 unspecified atom stereocenters. The minimum Gasteiger partial charge on any atom is -0.461 e. The molecule has 2 heteroatoms. The Morgan fingerprint density at radius 1 is 1.67 bits per heavy atom. The van der Waals surface area contributed by atoms with E-state index in [0.717, 1.165) is 22.4 Å². The van der Waals surface area contributed by atoms with Gasteiger partial charge in [-0.3, -0.25) is 0 Å². The van der Waals surface area contributed by atoms with Gasteiger partial charge in [-0.1, -0.05) is 34.7 Å². The highest BCUT2D eigenvalue weighted by molar-refractivity contribution is 9.09. The standard InChI is InChI=1S/C10H11BrO/c1-3-9-7-8(2)12-10(9)5-4-6-11/h3-5,7H,1,6H2,2H3/b5-4-. The lowest BCUT2D eigenvalue weighted by molar-refractivity contribution is 0.524. The van der Waals surface area contributed by atoms with Gasteiger partial charge in [-0.05, 0) is 19.1 Å². The lowest BCUT2D eigenvalue weighted by Gasteiger charge is -1.87. The molecule has 0 N–H and O–H groups in total. The predicted octanol–water partition coefficient (Wildman–Crippen LogP) is 3.64. The molecule has 1 aromatic heterocycles. The van der Waals surface area contributed by atoms with E-state index in [1.807, 2.05) is 25.1 Å². The molecule has 0 fully saturated rings. The number of alkyl halides is 1. The van der Waals surface area contributed by atoms with E-state index in [2.05, 4.69) is 22.5 Å². The summed E-state index contributed by atoms with van der Waals surface area (Å²) in [5.74, 6) is 1.79. The molecule has 0 amide bonds. The van der Waals surface area contributed by atoms with Crippen molar-refractivity contribution >= 4 is 28.1 Å². The average molecular weight is 227 g/mol. The molecular weight excluding hydrogens is 216 g/mol. The topological polar surface area (TPSA) is 13.1 Å². The highest BCUT2D eigenvalue weighted by Gasteiger charge is 2.00. The summed E-state index contributed by atoms with van der Waals surface area (Å²) in [7, 11) is 0. The van der Waals surface area contributed by atoms with E-state index >= 15 is 0 Å². The largest absolute Gasteiger partial charge is 0.461 e. The fourth-order valence-electron chi connectivity index (χ4n) is 0.993. The van der Waals surface area contributed by atoms with Crippen LogP contribution in [0.1, 0.15) is 17.1 Å². The summed E-state index contributed by atoms with van der Waals surface area (Å²) in [4.78, 5) is 0. The van der Waals surface area contributed by atoms with Gasteiger partial charge in [0.25, 0.3) is 0 Å². The van der Waals surface area contributed by atoms with Gasteiger partial charge >= 0.3 is 0 Å². The van der Waals surface area contributed by atoms with Crippen LogP contribution in [0.2, 0.25) is 0 Å². The first-order valence-electron chi connectivity index (χ1n) is 3.73. The van der Waals surface area contributed by atoms with Gasteiger partial charge in [-0.15, -0.1) is 0 Å². The summed E-state index contributed by atoms with van der Waals surface area (Å²) in [5.41, 5.74) is 1.05. The maximum absolute atomic E-state index is 5.43. The molecule has 0 spiro atoms. The third-order valence-corrected chi connectivity index (χ3v) is 1.87. The second-order valence-corrected chi connectivity index (χ2v) is 3.08. The maximum Gasteiger partial charge on any atom is 0.133 e. The molecule has 0 radical (unpaired) electrons. The molecule has 0 aromatic carbocycles. The van der Waals surface area contributed by atoms with Crippen molar-refractivity contribution < 1.29 is 4.42 Å². The fraction of sp³-hybridized carbons (Fsp3) is 0.200. The molecule has 0 atom stereocenters. The Morgan fingerprint density at radius 2 is 2.42 bits per heavy atom. The van der Waals surface area contributed by atoms with Crippen molar-refractivity contribution in [2.24, 2.45) is 0 Å². The molecule has 12 heavy (non-hydrogen) atoms. The van der Waals surface area contributed by atoms with Crippen molar-refractivity contribution in [3.05, 3.63) is 35.8 Å². The van der Waals surface area contributed by atoms with Crippen LogP contribution in [-0.2, 0) is 0 Å². The van der Waals surface area contributed by atoms with Gasteiger partial charge in [0.1, 0.15) is 11.5 Å². The molecule has 0 bridgehead atoms. The zero-order valence-corrected chi connectivity index (χ0v) is 8.60. The molecule has 1 rings (SSSR count). The monoisotopic (exact) mass is 226 g/mol. The molecule has 1 aromatic rings. The van der Waals surface area contributed by atoms with Gasteiger partial charge in [0.05, 0.1) is 0 Å². The molecule has 64 valence electrons. The van der Waals surface area contributed by atoms with E-state index in [1.54, 1.807) is 6.08 Å². The van der Waals surface area contributed by atoms with Gasteiger partial charge in [-0.25, -0.2) is 0 Å². The van der Waals surface area contributed by atoms with E-state index in [1.165, 1.54) is 0 Å². The zero-order chi connectivity index (χ0) is 8.97. The molecule has 0 saturated heterocycles. The molecule has 0 aliphatic rings. The van der Waals surface area contributed by atoms with Crippen LogP contribution >= 0.6 is 15.9 Å². The number of rotatable bonds is 3. The van der Waals surface area contributed by atoms with Crippen LogP contribution in [-0.4, -0.2) is 5.33 Å². The molecule has 0 aliphatic carbocycles. The molecule has 0 aliphatic heterocycles. The third kappa shape index (κ3) is 2.11. The highest BCUT2D eigenvalue weighted by atomic mass is 79.9. The van der Waals surface area contributed by atoms with Crippen molar-refractivity contribution in [1.82, 2.24) is 0 Å². The highest BCUT2D eigenvalue weighted by Crippen LogP contribution is 2.17. The van der Waals surface area contributed by atoms with Crippen molar-refractivity contribution in [2.45, 2.75) is 6.92 Å². The van der Waals surface area contributed by atoms with Crippen molar-refractivity contribution in [3.8, 4) is 0 Å². The number of hydrogen-bond donors (Lipinski definition) is 0. The smallest absolute Gasteiger partial charge is 0.133 e. The first kappa shape index (κ1) is 9.33. The average Bonchev–Trinajstić information content (AvgIpc) is 2.42. The summed E-state index contributed by atoms with van der Waals surface area (Å²) in [6.07, 6.45) is 5.73. The maximum atomic E-state index is 5.43. The molecule has 0 saturated carbocycles. The summed E-state index contributed by atoms with van der Waals surface area (Å²) >= 11 is 3.31. The van der Waals surface area contributed by atoms with Crippen LogP contribution in [0.15, 0.2) is 23.1 Å². The first-order valence-corrected chi connectivity index (χ1v) is 4.85. The van der Waals surface area contributed by atoms with Gasteiger partial charge < -0.3 is 4.42 Å². The molecular formula is C10H11BrO. The number of aryl methyl sites for hydroxylation is 1. The number of furan rings is 1. The van der Waals surface area contributed by atoms with Crippen molar-refractivity contribution in [2.75, 3.05) is 5.33 Å². The van der Waals surface area contributed by atoms with E-state index in [4.69, 9.17) is 4.42 Å². The van der Waals surface area contributed by atoms with Crippen LogP contribution in [0.25, 0.3) is 12.2 Å². The van der Waals surface area contributed by atoms with Crippen molar-refractivity contribution in [1.29, 1.82) is 0 Å². The molecule has 1 heterocycles. The van der Waals surface area contributed by atoms with Crippen molar-refractivity contribution in [3.63, 3.8) is 0 Å². The van der Waals surface area contributed by atoms with Gasteiger partial charge in [0.15, 0.2) is 0 Å². The van der Waals surface area contributed by atoms with E-state index in [0.29, 0.717) is 0 Å². The minimum absolute atomic E-state index is 0.837. The Kier molecular flexibility index (Phi) is 3.35.